The Morgan fingerprint density at radius 1 is 0.457 bits per heavy atom. The van der Waals surface area contributed by atoms with Gasteiger partial charge in [-0.3, -0.25) is 24.0 Å². The van der Waals surface area contributed by atoms with Crippen molar-refractivity contribution in [3.63, 3.8) is 0 Å². The molecule has 0 aromatic carbocycles. The maximum Gasteiger partial charge on any atom is 2.00 e. The van der Waals surface area contributed by atoms with Crippen LogP contribution in [-0.4, -0.2) is 98.4 Å². The molecule has 16 bridgehead atoms. The minimum Gasteiger partial charge on any atom is -1.00 e. The molecule has 0 fully saturated rings. The molecule has 0 spiro atoms. The van der Waals surface area contributed by atoms with Crippen LogP contribution < -0.4 is 67.0 Å². The van der Waals surface area contributed by atoms with Crippen molar-refractivity contribution in [2.24, 2.45) is 0 Å². The Labute approximate surface area is 662 Å². The summed E-state index contributed by atoms with van der Waals surface area (Å²) < 4.78 is 9.86. The fourth-order valence-electron chi connectivity index (χ4n) is 11.4. The number of aryl methyl sites for hydroxylation is 6. The average molecular weight is 1550 g/mol. The predicted octanol–water partition coefficient (Wildman–Crippen LogP) is 8.87. The van der Waals surface area contributed by atoms with Gasteiger partial charge in [-0.2, -0.15) is 0 Å². The van der Waals surface area contributed by atoms with Crippen molar-refractivity contribution in [2.45, 2.75) is 134 Å². The minimum absolute atomic E-state index is 0. The van der Waals surface area contributed by atoms with Gasteiger partial charge in [-0.25, -0.2) is 19.9 Å². The van der Waals surface area contributed by atoms with Crippen molar-refractivity contribution in [1.29, 1.82) is 0 Å². The van der Waals surface area contributed by atoms with Crippen LogP contribution in [0.2, 0.25) is 0 Å². The van der Waals surface area contributed by atoms with Crippen molar-refractivity contribution in [1.82, 2.24) is 39.9 Å². The molecule has 2 radical (unpaired) electrons. The molecule has 0 saturated carbocycles. The summed E-state index contributed by atoms with van der Waals surface area (Å²) in [6.07, 6.45) is 11.0. The van der Waals surface area contributed by atoms with Gasteiger partial charge in [0, 0.05) is 59.6 Å². The van der Waals surface area contributed by atoms with Gasteiger partial charge in [-0.1, -0.05) is 153 Å². The maximum atomic E-state index is 12.1. The summed E-state index contributed by atoms with van der Waals surface area (Å²) in [5, 5.41) is 35.5. The number of esters is 2. The Morgan fingerprint density at radius 3 is 1.04 bits per heavy atom. The smallest absolute Gasteiger partial charge is 1.00 e. The number of hydrogen-bond donors (Lipinski definition) is 3. The van der Waals surface area contributed by atoms with E-state index in [1.165, 1.54) is 14.2 Å². The number of fused-ring (bicyclic) bond motifs is 16. The van der Waals surface area contributed by atoms with E-state index in [-0.39, 0.29) is 113 Å². The van der Waals surface area contributed by atoms with Crippen LogP contribution in [0.3, 0.4) is 0 Å². The van der Waals surface area contributed by atoms with E-state index in [0.717, 1.165) is 139 Å². The molecule has 6 aromatic heterocycles. The third kappa shape index (κ3) is 23.5. The number of ether oxygens (including phenoxy) is 2. The van der Waals surface area contributed by atoms with Crippen LogP contribution in [0, 0.1) is 34.1 Å². The first-order valence-electron chi connectivity index (χ1n) is 32.7. The number of carboxylic acids is 4. The predicted molar refractivity (Wildman–Crippen MR) is 400 cm³/mol. The van der Waals surface area contributed by atoms with E-state index in [1.807, 2.05) is 150 Å². The first kappa shape index (κ1) is 94.1. The van der Waals surface area contributed by atoms with E-state index in [2.05, 4.69) is 26.3 Å². The number of halogens is 1. The Morgan fingerprint density at radius 2 is 0.724 bits per heavy atom. The van der Waals surface area contributed by atoms with Gasteiger partial charge in [0.2, 0.25) is 0 Å². The normalized spacial score (nSPS) is 11.5. The molecule has 556 valence electrons. The van der Waals surface area contributed by atoms with Crippen LogP contribution in [0.5, 0.6) is 0 Å². The van der Waals surface area contributed by atoms with Gasteiger partial charge >= 0.3 is 70.2 Å². The summed E-state index contributed by atoms with van der Waals surface area (Å²) in [6.45, 7) is 38.9. The van der Waals surface area contributed by atoms with E-state index in [9.17, 15) is 34.2 Å². The monoisotopic (exact) mass is 1540 g/mol. The zero-order valence-electron chi connectivity index (χ0n) is 62.0. The molecule has 4 aliphatic heterocycles. The number of carbonyl (C=O) groups is 6. The second-order valence-electron chi connectivity index (χ2n) is 23.2. The summed E-state index contributed by atoms with van der Waals surface area (Å²) in [5.74, 6) is -4.79. The van der Waals surface area contributed by atoms with Crippen LogP contribution in [0.1, 0.15) is 184 Å². The van der Waals surface area contributed by atoms with Gasteiger partial charge < -0.3 is 78.5 Å². The third-order valence-corrected chi connectivity index (χ3v) is 16.9. The Kier molecular flexibility index (Phi) is 39.5. The number of nitrogens with one attached hydrogen (secondary N) is 2. The molecule has 0 atom stereocenters. The molecule has 105 heavy (non-hydrogen) atoms. The molecule has 22 nitrogen and oxygen atoms in total. The summed E-state index contributed by atoms with van der Waals surface area (Å²) in [4.78, 5) is 105. The number of allylic oxidation sites excluding steroid dienone is 10. The van der Waals surface area contributed by atoms with Crippen LogP contribution in [0.15, 0.2) is 87.0 Å². The second kappa shape index (κ2) is 44.1. The number of carboxylic acid groups (broad SMARTS) is 4. The number of aliphatic carboxylic acids is 4. The summed E-state index contributed by atoms with van der Waals surface area (Å²) in [5.41, 5.74) is 38.3. The van der Waals surface area contributed by atoms with Gasteiger partial charge in [0.05, 0.1) is 80.0 Å². The fraction of sp³-hybridized carbons (Fsp3) is 0.304. The van der Waals surface area contributed by atoms with Crippen molar-refractivity contribution in [3.8, 4) is 0 Å². The molecule has 10 rings (SSSR count). The second-order valence-corrected chi connectivity index (χ2v) is 23.2. The summed E-state index contributed by atoms with van der Waals surface area (Å²) in [6, 6.07) is 15.5. The van der Waals surface area contributed by atoms with Crippen LogP contribution in [0.4, 0.5) is 0 Å². The number of carbonyl (C=O) groups excluding carboxylic acids is 3. The summed E-state index contributed by atoms with van der Waals surface area (Å²) in [7, 11) is 2.78. The first-order valence-corrected chi connectivity index (χ1v) is 32.7. The third-order valence-electron chi connectivity index (χ3n) is 16.9. The van der Waals surface area contributed by atoms with Crippen LogP contribution in [0.25, 0.3) is 112 Å². The molecule has 4 aliphatic rings. The molecule has 26 heteroatoms. The number of rotatable bonds is 18. The largest absolute Gasteiger partial charge is 2.00 e. The Balaban J connectivity index is 0.000000854. The van der Waals surface area contributed by atoms with E-state index < -0.39 is 37.0 Å². The Bertz CT molecular complexity index is 4750. The van der Waals surface area contributed by atoms with Gasteiger partial charge in [0.1, 0.15) is 0 Å². The maximum absolute atomic E-state index is 12.1. The fourth-order valence-corrected chi connectivity index (χ4v) is 11.4. The summed E-state index contributed by atoms with van der Waals surface area (Å²) >= 11 is 0. The van der Waals surface area contributed by atoms with Gasteiger partial charge in [-0.05, 0) is 126 Å². The number of methoxy groups -OCH3 is 2. The quantitative estimate of drug-likeness (QED) is 0.0410. The SMILES string of the molecule is C=CC1=C(C)c2cc3[n-]c(cc4nc(cc5[n-]c(cc1n2)c(C)c5CCC(=O)O)C(CCC(=O)O)=C4C)c(C)c3C=C.C=CC1=C(C)c2cc3[n-]c(cc4nc(cc5[n-]c(cc1n2)c(C)c5CCC(=O)OC)C(CCC(=O)OC)=C4C)c(C)c3C=C.CC.C[CH+]C.[Cl-].[Co+2].[Co].[NH-]CC(=O)O.[NH-]CC(=O)[O-].[Na+]. The molecular weight excluding hydrogens is 1460 g/mol. The van der Waals surface area contributed by atoms with Gasteiger partial charge in [0.15, 0.2) is 0 Å². The average Bonchev–Trinajstić information content (AvgIpc) is 1.63. The molecule has 6 aromatic rings. The topological polar surface area (TPSA) is 360 Å². The van der Waals surface area contributed by atoms with Crippen molar-refractivity contribution in [3.05, 3.63) is 195 Å². The molecule has 0 amide bonds. The number of nitrogens with zero attached hydrogens (tertiary/aromatic N) is 8. The molecular formula is C79H88ClCo2N10NaO12-4. The molecule has 0 saturated heterocycles. The van der Waals surface area contributed by atoms with E-state index >= 15 is 0 Å². The van der Waals surface area contributed by atoms with Crippen molar-refractivity contribution < 1.29 is 134 Å². The van der Waals surface area contributed by atoms with Gasteiger partial charge in [-0.15, -0.1) is 50.7 Å². The molecule has 10 heterocycles. The zero-order valence-corrected chi connectivity index (χ0v) is 66.9. The van der Waals surface area contributed by atoms with Crippen LogP contribution >= 0.6 is 0 Å². The first-order chi connectivity index (χ1) is 48.1. The van der Waals surface area contributed by atoms with E-state index in [4.69, 9.17) is 75.8 Å². The standard InChI is InChI=1S/C36H36N4O4.C34H34N4O4.C3H7.2C2H4NO2.C2H6.ClH.2Co.Na/c1-9-23-19(3)27-15-28-21(5)25(11-13-35(41)43-7)33(39-28)18-34-26(12-14-36(42)44-8)22(6)30(40-34)17-32-24(10-2)20(4)29(38-32)16-31(23)37-27;1-7-21-17(3)25-13-26-19(5)23(9-11-33(39)40)31(37-26)16-32-24(10-12-34(41)42)20(6)28(38-32)15-30-22(8-2)18(4)27(36-30)14-29(21)35-25;1-3-2;2*3-1-2(4)5;1-2;;;;/h9-10,15-18H,1-2,11-14H2,3-8H3;7-8,13-16H,1-2,9-12H2,3-6H3,(H4,35,36,37,38,39,40,41,42);3H,1-2H3;2*3H,1H2,(H,4,5);1-2H3;1H;;;/q-2;;+1;2*-1;;;;+2;+1/p-4. The van der Waals surface area contributed by atoms with Crippen molar-refractivity contribution in [2.75, 3.05) is 27.3 Å². The number of aromatic nitrogens is 8. The molecule has 0 unspecified atom stereocenters. The minimum atomic E-state index is -1.33. The molecule has 5 N–H and O–H groups in total. The van der Waals surface area contributed by atoms with Crippen LogP contribution in [-0.2, 0) is 84.6 Å². The van der Waals surface area contributed by atoms with Gasteiger partial charge in [0.25, 0.3) is 5.97 Å². The van der Waals surface area contributed by atoms with E-state index in [0.29, 0.717) is 65.0 Å². The van der Waals surface area contributed by atoms with E-state index in [1.54, 1.807) is 12.2 Å². The van der Waals surface area contributed by atoms with Crippen molar-refractivity contribution >= 4 is 137 Å². The molecule has 0 aliphatic carbocycles. The zero-order chi connectivity index (χ0) is 75.3. The Hall–Kier alpha value is -8.93. The number of hydrogen-bond acceptors (Lipinski definition) is 13.